The Kier molecular flexibility index (Phi) is 6.67. The van der Waals surface area contributed by atoms with Gasteiger partial charge in [0.25, 0.3) is 0 Å². The van der Waals surface area contributed by atoms with E-state index in [2.05, 4.69) is 40.0 Å². The number of nitrogens with one attached hydrogen (secondary N) is 1. The molecule has 1 aromatic rings. The third kappa shape index (κ3) is 5.46. The van der Waals surface area contributed by atoms with Gasteiger partial charge in [-0.25, -0.2) is 4.79 Å². The van der Waals surface area contributed by atoms with Crippen LogP contribution in [0.15, 0.2) is 35.4 Å². The molecule has 1 atom stereocenters. The lowest BCUT2D eigenvalue weighted by atomic mass is 10.2. The molecule has 0 aliphatic rings. The number of rotatable bonds is 6. The third-order valence-electron chi connectivity index (χ3n) is 2.07. The zero-order valence-electron chi connectivity index (χ0n) is 10.3. The number of esters is 1. The molecule has 0 saturated heterocycles. The molecule has 0 amide bonds. The van der Waals surface area contributed by atoms with Gasteiger partial charge in [0.1, 0.15) is 10.4 Å². The van der Waals surface area contributed by atoms with Crippen molar-refractivity contribution in [1.82, 2.24) is 5.43 Å². The van der Waals surface area contributed by atoms with E-state index in [4.69, 9.17) is 0 Å². The second-order valence-corrected chi connectivity index (χ2v) is 5.43. The quantitative estimate of drug-likeness (QED) is 0.277. The van der Waals surface area contributed by atoms with Crippen LogP contribution in [0.1, 0.15) is 12.5 Å². The molecule has 1 N–H and O–H groups in total. The van der Waals surface area contributed by atoms with Crippen LogP contribution in [0.5, 0.6) is 0 Å². The number of carbonyl (C=O) groups is 1. The van der Waals surface area contributed by atoms with Crippen LogP contribution in [0, 0.1) is 0 Å². The van der Waals surface area contributed by atoms with Crippen molar-refractivity contribution in [2.75, 3.05) is 7.11 Å². The van der Waals surface area contributed by atoms with Gasteiger partial charge in [-0.15, -0.1) is 24.4 Å². The first-order valence-corrected chi connectivity index (χ1v) is 6.91. The largest absolute Gasteiger partial charge is 0.464 e. The fourth-order valence-electron chi connectivity index (χ4n) is 1.13. The molecule has 0 aliphatic carbocycles. The number of carbonyl (C=O) groups excluding carboxylic acids is 1. The third-order valence-corrected chi connectivity index (χ3v) is 3.56. The molecule has 18 heavy (non-hydrogen) atoms. The Labute approximate surface area is 117 Å². The van der Waals surface area contributed by atoms with E-state index >= 15 is 0 Å². The fourth-order valence-corrected chi connectivity index (χ4v) is 2.08. The average Bonchev–Trinajstić information content (AvgIpc) is 2.42. The molecule has 6 heteroatoms. The molecule has 0 aliphatic heterocycles. The second-order valence-electron chi connectivity index (χ2n) is 3.47. The van der Waals surface area contributed by atoms with Crippen LogP contribution in [0.4, 0.5) is 0 Å². The standard InChI is InChI=1S/C12H16N2O2S2/c1-9(11(15)16-2)13-14-12(17)18-8-10-6-4-3-5-7-10/h3-7,12,14,17H,8H2,1-2H3/b13-9+. The van der Waals surface area contributed by atoms with Gasteiger partial charge in [-0.3, -0.25) is 5.43 Å². The van der Waals surface area contributed by atoms with Gasteiger partial charge in [0.2, 0.25) is 0 Å². The van der Waals surface area contributed by atoms with E-state index in [1.807, 2.05) is 18.2 Å². The van der Waals surface area contributed by atoms with Gasteiger partial charge in [0, 0.05) is 5.75 Å². The first-order valence-electron chi connectivity index (χ1n) is 5.35. The zero-order valence-corrected chi connectivity index (χ0v) is 12.0. The van der Waals surface area contributed by atoms with Crippen LogP contribution in [-0.4, -0.2) is 23.5 Å². The van der Waals surface area contributed by atoms with Crippen molar-refractivity contribution < 1.29 is 9.53 Å². The number of hydrazone groups is 1. The fraction of sp³-hybridized carbons (Fsp3) is 0.333. The molecular formula is C12H16N2O2S2. The topological polar surface area (TPSA) is 50.7 Å². The summed E-state index contributed by atoms with van der Waals surface area (Å²) >= 11 is 5.91. The number of ether oxygens (including phenoxy) is 1. The summed E-state index contributed by atoms with van der Waals surface area (Å²) in [7, 11) is 1.32. The number of hydrogen-bond acceptors (Lipinski definition) is 6. The number of nitrogens with zero attached hydrogens (tertiary/aromatic N) is 1. The van der Waals surface area contributed by atoms with Gasteiger partial charge >= 0.3 is 5.97 Å². The predicted molar refractivity (Wildman–Crippen MR) is 78.8 cm³/mol. The van der Waals surface area contributed by atoms with Crippen LogP contribution in [0.25, 0.3) is 0 Å². The van der Waals surface area contributed by atoms with E-state index in [1.165, 1.54) is 12.7 Å². The van der Waals surface area contributed by atoms with Crippen molar-refractivity contribution in [2.24, 2.45) is 5.10 Å². The van der Waals surface area contributed by atoms with E-state index < -0.39 is 5.97 Å². The van der Waals surface area contributed by atoms with Gasteiger partial charge in [-0.2, -0.15) is 5.10 Å². The maximum atomic E-state index is 11.1. The average molecular weight is 284 g/mol. The number of hydrogen-bond donors (Lipinski definition) is 2. The molecule has 0 heterocycles. The highest BCUT2D eigenvalue weighted by Crippen LogP contribution is 2.18. The molecule has 0 spiro atoms. The highest BCUT2D eigenvalue weighted by molar-refractivity contribution is 8.09. The summed E-state index contributed by atoms with van der Waals surface area (Å²) in [5.41, 5.74) is 4.28. The maximum absolute atomic E-state index is 11.1. The summed E-state index contributed by atoms with van der Waals surface area (Å²) < 4.78 is 4.36. The summed E-state index contributed by atoms with van der Waals surface area (Å²) in [5, 5.41) is 3.90. The van der Waals surface area contributed by atoms with Crippen LogP contribution in [0.3, 0.4) is 0 Å². The van der Waals surface area contributed by atoms with Crippen LogP contribution >= 0.6 is 24.4 Å². The van der Waals surface area contributed by atoms with Gasteiger partial charge in [0.05, 0.1) is 7.11 Å². The Bertz CT molecular complexity index is 410. The van der Waals surface area contributed by atoms with Crippen molar-refractivity contribution in [2.45, 2.75) is 17.4 Å². The van der Waals surface area contributed by atoms with Crippen molar-refractivity contribution in [3.8, 4) is 0 Å². The van der Waals surface area contributed by atoms with Crippen LogP contribution in [-0.2, 0) is 15.3 Å². The minimum absolute atomic E-state index is 0.176. The Morgan fingerprint density at radius 1 is 1.50 bits per heavy atom. The number of thioether (sulfide) groups is 1. The molecule has 1 unspecified atom stereocenters. The summed E-state index contributed by atoms with van der Waals surface area (Å²) in [6.45, 7) is 1.58. The second kappa shape index (κ2) is 8.05. The SMILES string of the molecule is COC(=O)/C(C)=N/NC(S)SCc1ccccc1. The zero-order chi connectivity index (χ0) is 13.4. The number of benzene rings is 1. The molecular weight excluding hydrogens is 268 g/mol. The molecule has 98 valence electrons. The smallest absolute Gasteiger partial charge is 0.353 e. The normalized spacial score (nSPS) is 12.9. The molecule has 4 nitrogen and oxygen atoms in total. The van der Waals surface area contributed by atoms with E-state index in [-0.39, 0.29) is 10.4 Å². The van der Waals surface area contributed by atoms with Gasteiger partial charge in [0.15, 0.2) is 0 Å². The Hall–Kier alpha value is -1.14. The Morgan fingerprint density at radius 2 is 2.17 bits per heavy atom. The molecule has 0 radical (unpaired) electrons. The predicted octanol–water partition coefficient (Wildman–Crippen LogP) is 2.27. The monoisotopic (exact) mass is 284 g/mol. The molecule has 0 bridgehead atoms. The number of thiol groups is 1. The Morgan fingerprint density at radius 3 is 2.78 bits per heavy atom. The highest BCUT2D eigenvalue weighted by atomic mass is 32.2. The number of methoxy groups -OCH3 is 1. The van der Waals surface area contributed by atoms with Crippen molar-refractivity contribution in [1.29, 1.82) is 0 Å². The first kappa shape index (κ1) is 14.9. The van der Waals surface area contributed by atoms with E-state index in [0.29, 0.717) is 0 Å². The molecule has 1 rings (SSSR count). The minimum Gasteiger partial charge on any atom is -0.464 e. The highest BCUT2D eigenvalue weighted by Gasteiger charge is 2.06. The van der Waals surface area contributed by atoms with Crippen LogP contribution in [0.2, 0.25) is 0 Å². The van der Waals surface area contributed by atoms with Gasteiger partial charge < -0.3 is 4.74 Å². The first-order chi connectivity index (χ1) is 8.63. The van der Waals surface area contributed by atoms with E-state index in [0.717, 1.165) is 5.75 Å². The van der Waals surface area contributed by atoms with Crippen molar-refractivity contribution >= 4 is 36.1 Å². The van der Waals surface area contributed by atoms with Gasteiger partial charge in [-0.05, 0) is 12.5 Å². The minimum atomic E-state index is -0.448. The lowest BCUT2D eigenvalue weighted by Gasteiger charge is -2.10. The summed E-state index contributed by atoms with van der Waals surface area (Å²) in [6.07, 6.45) is 0. The van der Waals surface area contributed by atoms with E-state index in [1.54, 1.807) is 18.7 Å². The van der Waals surface area contributed by atoms with Crippen LogP contribution < -0.4 is 5.43 Å². The molecule has 0 fully saturated rings. The maximum Gasteiger partial charge on any atom is 0.353 e. The van der Waals surface area contributed by atoms with Gasteiger partial charge in [-0.1, -0.05) is 30.3 Å². The van der Waals surface area contributed by atoms with Crippen molar-refractivity contribution in [3.63, 3.8) is 0 Å². The summed E-state index contributed by atoms with van der Waals surface area (Å²) in [5.74, 6) is 0.380. The molecule has 0 saturated carbocycles. The summed E-state index contributed by atoms with van der Waals surface area (Å²) in [6, 6.07) is 10.1. The lowest BCUT2D eigenvalue weighted by Crippen LogP contribution is -2.20. The molecule has 1 aromatic carbocycles. The van der Waals surface area contributed by atoms with E-state index in [9.17, 15) is 4.79 Å². The van der Waals surface area contributed by atoms with Crippen molar-refractivity contribution in [3.05, 3.63) is 35.9 Å². The molecule has 0 aromatic heterocycles. The Balaban J connectivity index is 2.34. The lowest BCUT2D eigenvalue weighted by molar-refractivity contribution is -0.132. The summed E-state index contributed by atoms with van der Waals surface area (Å²) in [4.78, 5) is 11.1.